The Morgan fingerprint density at radius 2 is 2.10 bits per heavy atom. The largest absolute Gasteiger partial charge is 0.342 e. The van der Waals surface area contributed by atoms with Crippen molar-refractivity contribution in [2.45, 2.75) is 32.4 Å². The van der Waals surface area contributed by atoms with E-state index in [9.17, 15) is 14.0 Å². The Kier molecular flexibility index (Phi) is 5.39. The molecule has 150 valence electrons. The number of hydrogen-bond donors (Lipinski definition) is 1. The summed E-state index contributed by atoms with van der Waals surface area (Å²) in [4.78, 5) is 32.2. The maximum absolute atomic E-state index is 13.0. The van der Waals surface area contributed by atoms with E-state index in [0.29, 0.717) is 36.1 Å². The van der Waals surface area contributed by atoms with E-state index < -0.39 is 0 Å². The van der Waals surface area contributed by atoms with Gasteiger partial charge in [-0.3, -0.25) is 9.59 Å². The van der Waals surface area contributed by atoms with E-state index in [1.807, 2.05) is 13.0 Å². The first-order chi connectivity index (χ1) is 14.0. The van der Waals surface area contributed by atoms with Gasteiger partial charge in [-0.15, -0.1) is 11.3 Å². The van der Waals surface area contributed by atoms with Gasteiger partial charge in [0.05, 0.1) is 11.4 Å². The fourth-order valence-electron chi connectivity index (χ4n) is 3.21. The lowest BCUT2D eigenvalue weighted by Crippen LogP contribution is -2.24. The molecule has 0 saturated carbocycles. The number of aromatic nitrogens is 2. The number of benzene rings is 1. The minimum Gasteiger partial charge on any atom is -0.342 e. The number of nitrogens with one attached hydrogen (secondary N) is 1. The Morgan fingerprint density at radius 1 is 1.31 bits per heavy atom. The van der Waals surface area contributed by atoms with Gasteiger partial charge in [0.15, 0.2) is 5.82 Å². The average molecular weight is 414 g/mol. The summed E-state index contributed by atoms with van der Waals surface area (Å²) in [6.07, 6.45) is 0.293. The number of amides is 2. The number of nitrogens with zero attached hydrogens (tertiary/aromatic N) is 3. The Labute approximate surface area is 170 Å². The molecule has 3 aromatic rings. The third kappa shape index (κ3) is 4.51. The predicted octanol–water partition coefficient (Wildman–Crippen LogP) is 3.02. The number of halogens is 1. The van der Waals surface area contributed by atoms with E-state index >= 15 is 0 Å². The molecule has 1 aliphatic heterocycles. The van der Waals surface area contributed by atoms with Gasteiger partial charge in [0.1, 0.15) is 5.82 Å². The number of likely N-dealkylation sites (tertiary alicyclic amines) is 1. The van der Waals surface area contributed by atoms with E-state index in [4.69, 9.17) is 4.52 Å². The molecule has 2 amide bonds. The molecule has 1 N–H and O–H groups in total. The van der Waals surface area contributed by atoms with Crippen molar-refractivity contribution < 1.29 is 18.5 Å². The van der Waals surface area contributed by atoms with Crippen molar-refractivity contribution in [2.75, 3.05) is 6.54 Å². The molecule has 29 heavy (non-hydrogen) atoms. The molecule has 1 saturated heterocycles. The third-order valence-corrected chi connectivity index (χ3v) is 5.71. The van der Waals surface area contributed by atoms with Crippen LogP contribution in [0.15, 0.2) is 40.9 Å². The fraction of sp³-hybridized carbons (Fsp3) is 0.300. The van der Waals surface area contributed by atoms with E-state index in [1.165, 1.54) is 23.5 Å². The van der Waals surface area contributed by atoms with Gasteiger partial charge in [0.2, 0.25) is 11.8 Å². The highest BCUT2D eigenvalue weighted by Crippen LogP contribution is 2.27. The lowest BCUT2D eigenvalue weighted by molar-refractivity contribution is -0.128. The van der Waals surface area contributed by atoms with Crippen LogP contribution in [0.2, 0.25) is 0 Å². The number of carbonyl (C=O) groups excluding carboxylic acids is 2. The number of aryl methyl sites for hydroxylation is 1. The van der Waals surface area contributed by atoms with Crippen molar-refractivity contribution in [2.24, 2.45) is 0 Å². The van der Waals surface area contributed by atoms with Crippen molar-refractivity contribution in [3.8, 4) is 0 Å². The average Bonchev–Trinajstić information content (AvgIpc) is 3.42. The van der Waals surface area contributed by atoms with E-state index in [0.717, 1.165) is 10.4 Å². The van der Waals surface area contributed by atoms with Gasteiger partial charge in [-0.05, 0) is 36.8 Å². The number of hydrogen-bond acceptors (Lipinski definition) is 6. The summed E-state index contributed by atoms with van der Waals surface area (Å²) < 4.78 is 18.3. The van der Waals surface area contributed by atoms with Crippen molar-refractivity contribution in [3.05, 3.63) is 69.2 Å². The van der Waals surface area contributed by atoms with Crippen LogP contribution in [0.1, 0.15) is 44.2 Å². The van der Waals surface area contributed by atoms with E-state index in [2.05, 4.69) is 15.5 Å². The standard InChI is InChI=1S/C20H19FN4O3S/c1-12-2-7-16(29-12)20(27)22-9-17-23-19(24-28-17)14-8-18(26)25(11-14)10-13-3-5-15(21)6-4-13/h2-7,14H,8-11H2,1H3,(H,22,27)/t14-/m0/s1. The molecule has 9 heteroatoms. The Bertz CT molecular complexity index is 1030. The summed E-state index contributed by atoms with van der Waals surface area (Å²) >= 11 is 1.42. The van der Waals surface area contributed by atoms with Gasteiger partial charge < -0.3 is 14.7 Å². The van der Waals surface area contributed by atoms with Crippen LogP contribution >= 0.6 is 11.3 Å². The second-order valence-corrected chi connectivity index (χ2v) is 8.23. The summed E-state index contributed by atoms with van der Waals surface area (Å²) in [5.41, 5.74) is 0.862. The second kappa shape index (κ2) is 8.12. The smallest absolute Gasteiger partial charge is 0.261 e. The summed E-state index contributed by atoms with van der Waals surface area (Å²) in [5.74, 6) is 0.0785. The van der Waals surface area contributed by atoms with Gasteiger partial charge >= 0.3 is 0 Å². The van der Waals surface area contributed by atoms with E-state index in [-0.39, 0.29) is 30.1 Å². The lowest BCUT2D eigenvalue weighted by Gasteiger charge is -2.16. The first-order valence-corrected chi connectivity index (χ1v) is 9.99. The normalized spacial score (nSPS) is 16.4. The summed E-state index contributed by atoms with van der Waals surface area (Å²) in [7, 11) is 0. The van der Waals surface area contributed by atoms with Crippen LogP contribution in [-0.4, -0.2) is 33.4 Å². The highest BCUT2D eigenvalue weighted by Gasteiger charge is 2.33. The zero-order valence-corrected chi connectivity index (χ0v) is 16.5. The SMILES string of the molecule is Cc1ccc(C(=O)NCc2nc([C@H]3CC(=O)N(Cc4ccc(F)cc4)C3)no2)s1. The molecule has 0 spiro atoms. The first kappa shape index (κ1) is 19.3. The summed E-state index contributed by atoms with van der Waals surface area (Å²) in [6, 6.07) is 9.75. The Hall–Kier alpha value is -3.07. The Balaban J connectivity index is 1.33. The van der Waals surface area contributed by atoms with Gasteiger partial charge in [-0.2, -0.15) is 4.98 Å². The van der Waals surface area contributed by atoms with Gasteiger partial charge in [0, 0.05) is 30.3 Å². The fourth-order valence-corrected chi connectivity index (χ4v) is 4.00. The maximum Gasteiger partial charge on any atom is 0.261 e. The van der Waals surface area contributed by atoms with Crippen LogP contribution in [0.25, 0.3) is 0 Å². The zero-order chi connectivity index (χ0) is 20.4. The van der Waals surface area contributed by atoms with Crippen LogP contribution in [0.4, 0.5) is 4.39 Å². The minimum absolute atomic E-state index is 0.00737. The maximum atomic E-state index is 13.0. The molecule has 0 unspecified atom stereocenters. The molecule has 4 rings (SSSR count). The zero-order valence-electron chi connectivity index (χ0n) is 15.7. The molecule has 1 aromatic carbocycles. The monoisotopic (exact) mass is 414 g/mol. The van der Waals surface area contributed by atoms with Crippen molar-refractivity contribution in [1.82, 2.24) is 20.4 Å². The van der Waals surface area contributed by atoms with Crippen LogP contribution < -0.4 is 5.32 Å². The molecule has 1 aliphatic rings. The minimum atomic E-state index is -0.306. The second-order valence-electron chi connectivity index (χ2n) is 6.94. The van der Waals surface area contributed by atoms with Gasteiger partial charge in [-0.25, -0.2) is 4.39 Å². The quantitative estimate of drug-likeness (QED) is 0.670. The number of thiophene rings is 1. The highest BCUT2D eigenvalue weighted by atomic mass is 32.1. The highest BCUT2D eigenvalue weighted by molar-refractivity contribution is 7.13. The molecule has 3 heterocycles. The molecule has 1 fully saturated rings. The topological polar surface area (TPSA) is 88.3 Å². The molecular formula is C20H19FN4O3S. The van der Waals surface area contributed by atoms with Crippen LogP contribution in [0, 0.1) is 12.7 Å². The molecule has 1 atom stereocenters. The predicted molar refractivity (Wildman–Crippen MR) is 104 cm³/mol. The van der Waals surface area contributed by atoms with Gasteiger partial charge in [-0.1, -0.05) is 17.3 Å². The van der Waals surface area contributed by atoms with Crippen molar-refractivity contribution in [1.29, 1.82) is 0 Å². The van der Waals surface area contributed by atoms with Crippen molar-refractivity contribution in [3.63, 3.8) is 0 Å². The van der Waals surface area contributed by atoms with Crippen molar-refractivity contribution >= 4 is 23.2 Å². The first-order valence-electron chi connectivity index (χ1n) is 9.17. The molecule has 7 nitrogen and oxygen atoms in total. The molecule has 2 aromatic heterocycles. The number of rotatable bonds is 6. The van der Waals surface area contributed by atoms with E-state index in [1.54, 1.807) is 23.1 Å². The van der Waals surface area contributed by atoms with Crippen LogP contribution in [-0.2, 0) is 17.9 Å². The molecule has 0 bridgehead atoms. The summed E-state index contributed by atoms with van der Waals surface area (Å²) in [5, 5.41) is 6.73. The van der Waals surface area contributed by atoms with Crippen LogP contribution in [0.5, 0.6) is 0 Å². The molecule has 0 aliphatic carbocycles. The van der Waals surface area contributed by atoms with Gasteiger partial charge in [0.25, 0.3) is 5.91 Å². The lowest BCUT2D eigenvalue weighted by atomic mass is 10.1. The number of carbonyl (C=O) groups is 2. The summed E-state index contributed by atoms with van der Waals surface area (Å²) in [6.45, 7) is 2.95. The van der Waals surface area contributed by atoms with Crippen LogP contribution in [0.3, 0.4) is 0 Å². The molecule has 0 radical (unpaired) electrons. The Morgan fingerprint density at radius 3 is 2.83 bits per heavy atom. The molecular weight excluding hydrogens is 395 g/mol. The third-order valence-electron chi connectivity index (χ3n) is 4.71.